The Bertz CT molecular complexity index is 703. The van der Waals surface area contributed by atoms with Crippen LogP contribution in [0.2, 0.25) is 0 Å². The first kappa shape index (κ1) is 22.3. The van der Waals surface area contributed by atoms with E-state index >= 15 is 0 Å². The molecular weight excluding hydrogens is 367 g/mol. The van der Waals surface area contributed by atoms with Crippen molar-refractivity contribution in [3.05, 3.63) is 35.4 Å². The molecule has 0 aliphatic heterocycles. The van der Waals surface area contributed by atoms with Gasteiger partial charge in [0.15, 0.2) is 5.96 Å². The standard InChI is InChI=1S/C17H26F3N3O2S/c1-13(14-6-4-7-15(12-14)17(18,19)20)8-10-23-16(21-2)22-9-5-11-26(3,24)25/h4,6-7,12-13H,5,8-11H2,1-3H3,(H2,21,22,23). The van der Waals surface area contributed by atoms with Crippen molar-refractivity contribution in [1.29, 1.82) is 0 Å². The summed E-state index contributed by atoms with van der Waals surface area (Å²) in [5.41, 5.74) is -0.00381. The van der Waals surface area contributed by atoms with Gasteiger partial charge in [0.2, 0.25) is 0 Å². The molecule has 0 bridgehead atoms. The zero-order chi connectivity index (χ0) is 19.8. The fourth-order valence-corrected chi connectivity index (χ4v) is 3.03. The summed E-state index contributed by atoms with van der Waals surface area (Å²) in [7, 11) is -1.38. The molecule has 0 spiro atoms. The molecule has 26 heavy (non-hydrogen) atoms. The monoisotopic (exact) mass is 393 g/mol. The Hall–Kier alpha value is -1.77. The zero-order valence-corrected chi connectivity index (χ0v) is 16.0. The molecule has 0 aliphatic carbocycles. The number of sulfone groups is 1. The second kappa shape index (κ2) is 9.80. The highest BCUT2D eigenvalue weighted by Crippen LogP contribution is 2.31. The van der Waals surface area contributed by atoms with Gasteiger partial charge < -0.3 is 10.6 Å². The fraction of sp³-hybridized carbons (Fsp3) is 0.588. The van der Waals surface area contributed by atoms with Crippen molar-refractivity contribution >= 4 is 15.8 Å². The van der Waals surface area contributed by atoms with Gasteiger partial charge in [-0.1, -0.05) is 25.1 Å². The van der Waals surface area contributed by atoms with Crippen LogP contribution in [0.15, 0.2) is 29.3 Å². The van der Waals surface area contributed by atoms with E-state index in [4.69, 9.17) is 0 Å². The van der Waals surface area contributed by atoms with Gasteiger partial charge in [-0.05, 0) is 30.4 Å². The van der Waals surface area contributed by atoms with Gasteiger partial charge in [0.1, 0.15) is 9.84 Å². The lowest BCUT2D eigenvalue weighted by Gasteiger charge is -2.16. The van der Waals surface area contributed by atoms with E-state index in [1.807, 2.05) is 6.92 Å². The van der Waals surface area contributed by atoms with Crippen LogP contribution < -0.4 is 10.6 Å². The van der Waals surface area contributed by atoms with Crippen LogP contribution in [0, 0.1) is 0 Å². The Morgan fingerprint density at radius 3 is 2.46 bits per heavy atom. The Kier molecular flexibility index (Phi) is 8.39. The summed E-state index contributed by atoms with van der Waals surface area (Å²) in [4.78, 5) is 4.03. The van der Waals surface area contributed by atoms with E-state index in [-0.39, 0.29) is 11.7 Å². The number of aliphatic imine (C=N–C) groups is 1. The van der Waals surface area contributed by atoms with Crippen molar-refractivity contribution in [2.45, 2.75) is 31.9 Å². The number of nitrogens with zero attached hydrogens (tertiary/aromatic N) is 1. The van der Waals surface area contributed by atoms with E-state index in [0.29, 0.717) is 37.5 Å². The van der Waals surface area contributed by atoms with Gasteiger partial charge in [-0.25, -0.2) is 8.42 Å². The molecule has 1 atom stereocenters. The maximum absolute atomic E-state index is 12.8. The van der Waals surface area contributed by atoms with E-state index in [1.54, 1.807) is 13.1 Å². The van der Waals surface area contributed by atoms with Gasteiger partial charge in [0.05, 0.1) is 11.3 Å². The molecule has 0 aromatic heterocycles. The number of alkyl halides is 3. The predicted molar refractivity (Wildman–Crippen MR) is 98.2 cm³/mol. The van der Waals surface area contributed by atoms with Gasteiger partial charge in [0.25, 0.3) is 0 Å². The van der Waals surface area contributed by atoms with Crippen molar-refractivity contribution in [2.24, 2.45) is 4.99 Å². The lowest BCUT2D eigenvalue weighted by molar-refractivity contribution is -0.137. The van der Waals surface area contributed by atoms with Crippen LogP contribution in [0.3, 0.4) is 0 Å². The number of guanidine groups is 1. The third-order valence-electron chi connectivity index (χ3n) is 3.86. The molecule has 5 nitrogen and oxygen atoms in total. The summed E-state index contributed by atoms with van der Waals surface area (Å²) >= 11 is 0. The van der Waals surface area contributed by atoms with Gasteiger partial charge in [-0.15, -0.1) is 0 Å². The van der Waals surface area contributed by atoms with Crippen LogP contribution in [0.1, 0.15) is 36.8 Å². The Morgan fingerprint density at radius 2 is 1.88 bits per heavy atom. The smallest absolute Gasteiger partial charge is 0.356 e. The van der Waals surface area contributed by atoms with Gasteiger partial charge >= 0.3 is 6.18 Å². The molecule has 0 saturated carbocycles. The summed E-state index contributed by atoms with van der Waals surface area (Å²) in [6.45, 7) is 2.87. The molecule has 0 radical (unpaired) electrons. The molecule has 1 unspecified atom stereocenters. The van der Waals surface area contributed by atoms with Crippen LogP contribution in [-0.4, -0.2) is 46.5 Å². The molecule has 0 aliphatic rings. The molecule has 9 heteroatoms. The summed E-state index contributed by atoms with van der Waals surface area (Å²) in [5.74, 6) is 0.590. The minimum atomic E-state index is -4.34. The molecule has 0 heterocycles. The van der Waals surface area contributed by atoms with E-state index in [1.165, 1.54) is 18.4 Å². The van der Waals surface area contributed by atoms with Crippen LogP contribution in [0.25, 0.3) is 0 Å². The van der Waals surface area contributed by atoms with Crippen molar-refractivity contribution < 1.29 is 21.6 Å². The third-order valence-corrected chi connectivity index (χ3v) is 4.89. The highest BCUT2D eigenvalue weighted by Gasteiger charge is 2.30. The number of rotatable bonds is 8. The van der Waals surface area contributed by atoms with Gasteiger partial charge in [0, 0.05) is 26.4 Å². The largest absolute Gasteiger partial charge is 0.416 e. The topological polar surface area (TPSA) is 70.6 Å². The van der Waals surface area contributed by atoms with E-state index in [9.17, 15) is 21.6 Å². The lowest BCUT2D eigenvalue weighted by Crippen LogP contribution is -2.38. The quantitative estimate of drug-likeness (QED) is 0.405. The molecule has 1 aromatic carbocycles. The van der Waals surface area contributed by atoms with Crippen molar-refractivity contribution in [3.8, 4) is 0 Å². The molecule has 0 saturated heterocycles. The summed E-state index contributed by atoms with van der Waals surface area (Å²) in [6, 6.07) is 5.36. The number of halogens is 3. The third kappa shape index (κ3) is 8.55. The van der Waals surface area contributed by atoms with Crippen LogP contribution in [-0.2, 0) is 16.0 Å². The van der Waals surface area contributed by atoms with Crippen LogP contribution in [0.4, 0.5) is 13.2 Å². The second-order valence-electron chi connectivity index (χ2n) is 6.22. The van der Waals surface area contributed by atoms with Crippen molar-refractivity contribution in [2.75, 3.05) is 32.1 Å². The van der Waals surface area contributed by atoms with Crippen molar-refractivity contribution in [1.82, 2.24) is 10.6 Å². The average Bonchev–Trinajstić information content (AvgIpc) is 2.55. The zero-order valence-electron chi connectivity index (χ0n) is 15.2. The van der Waals surface area contributed by atoms with Crippen LogP contribution >= 0.6 is 0 Å². The fourth-order valence-electron chi connectivity index (χ4n) is 2.36. The van der Waals surface area contributed by atoms with E-state index in [0.717, 1.165) is 6.07 Å². The normalized spacial score (nSPS) is 14.2. The Balaban J connectivity index is 2.43. The number of hydrogen-bond acceptors (Lipinski definition) is 3. The molecule has 148 valence electrons. The van der Waals surface area contributed by atoms with E-state index in [2.05, 4.69) is 15.6 Å². The first-order valence-corrected chi connectivity index (χ1v) is 10.4. The molecule has 1 aromatic rings. The molecule has 1 rings (SSSR count). The van der Waals surface area contributed by atoms with Crippen molar-refractivity contribution in [3.63, 3.8) is 0 Å². The first-order chi connectivity index (χ1) is 12.0. The van der Waals surface area contributed by atoms with Crippen LogP contribution in [0.5, 0.6) is 0 Å². The van der Waals surface area contributed by atoms with E-state index < -0.39 is 21.6 Å². The predicted octanol–water partition coefficient (Wildman–Crippen LogP) is 2.80. The molecule has 0 fully saturated rings. The summed E-state index contributed by atoms with van der Waals surface area (Å²) < 4.78 is 60.5. The SMILES string of the molecule is CN=C(NCCCS(C)(=O)=O)NCCC(C)c1cccc(C(F)(F)F)c1. The maximum Gasteiger partial charge on any atom is 0.416 e. The van der Waals surface area contributed by atoms with Gasteiger partial charge in [-0.3, -0.25) is 4.99 Å². The lowest BCUT2D eigenvalue weighted by atomic mass is 9.96. The highest BCUT2D eigenvalue weighted by atomic mass is 32.2. The van der Waals surface area contributed by atoms with Gasteiger partial charge in [-0.2, -0.15) is 13.2 Å². The molecule has 0 amide bonds. The Morgan fingerprint density at radius 1 is 1.23 bits per heavy atom. The molecule has 2 N–H and O–H groups in total. The number of benzene rings is 1. The molecular formula is C17H26F3N3O2S. The highest BCUT2D eigenvalue weighted by molar-refractivity contribution is 7.90. The first-order valence-electron chi connectivity index (χ1n) is 8.32. The second-order valence-corrected chi connectivity index (χ2v) is 8.48. The number of hydrogen-bond donors (Lipinski definition) is 2. The average molecular weight is 393 g/mol. The minimum absolute atomic E-state index is 0.0480. The summed E-state index contributed by atoms with van der Waals surface area (Å²) in [5, 5.41) is 6.09. The summed E-state index contributed by atoms with van der Waals surface area (Å²) in [6.07, 6.45) is -2.05. The minimum Gasteiger partial charge on any atom is -0.356 e. The maximum atomic E-state index is 12.8. The number of nitrogens with one attached hydrogen (secondary N) is 2. The Labute approximate surface area is 153 Å².